The van der Waals surface area contributed by atoms with E-state index in [1.807, 2.05) is 0 Å². The molecule has 19 heavy (non-hydrogen) atoms. The number of fused-ring (bicyclic) bond motifs is 1. The molecule has 0 saturated heterocycles. The molecule has 0 aliphatic carbocycles. The molecule has 0 unspecified atom stereocenters. The minimum atomic E-state index is -0.668. The first-order valence-corrected chi connectivity index (χ1v) is 5.31. The van der Waals surface area contributed by atoms with Gasteiger partial charge in [-0.25, -0.2) is 9.18 Å². The van der Waals surface area contributed by atoms with Crippen LogP contribution < -0.4 is 0 Å². The molecule has 0 atom stereocenters. The molecule has 2 rings (SSSR count). The number of methoxy groups -OCH3 is 1. The summed E-state index contributed by atoms with van der Waals surface area (Å²) < 4.78 is 18.0. The van der Waals surface area contributed by atoms with Gasteiger partial charge in [0.25, 0.3) is 0 Å². The molecule has 1 heterocycles. The largest absolute Gasteiger partial charge is 0.465 e. The Hall–Kier alpha value is -2.66. The van der Waals surface area contributed by atoms with Crippen LogP contribution in [-0.4, -0.2) is 18.1 Å². The summed E-state index contributed by atoms with van der Waals surface area (Å²) in [5.41, 5.74) is 9.39. The van der Waals surface area contributed by atoms with Crippen molar-refractivity contribution in [2.75, 3.05) is 7.11 Å². The van der Waals surface area contributed by atoms with Gasteiger partial charge in [-0.15, -0.1) is 0 Å². The third-order valence-electron chi connectivity index (χ3n) is 2.75. The van der Waals surface area contributed by atoms with Crippen molar-refractivity contribution in [1.82, 2.24) is 4.98 Å². The fourth-order valence-electron chi connectivity index (χ4n) is 1.78. The number of halogens is 1. The molecule has 0 fully saturated rings. The highest BCUT2D eigenvalue weighted by molar-refractivity contribution is 6.04. The number of aromatic nitrogens is 1. The Morgan fingerprint density at radius 1 is 1.53 bits per heavy atom. The minimum Gasteiger partial charge on any atom is -0.465 e. The summed E-state index contributed by atoms with van der Waals surface area (Å²) in [6.07, 6.45) is 1.21. The standard InChI is InChI=1S/C12H9FN4O2/c1-6-9(13)4-3-7-10(6)15-5-8(12(18)19-2)11(7)16-17-14/h3-5H,1-2H3. The van der Waals surface area contributed by atoms with Gasteiger partial charge in [0.1, 0.15) is 5.82 Å². The van der Waals surface area contributed by atoms with Gasteiger partial charge in [0, 0.05) is 22.1 Å². The summed E-state index contributed by atoms with van der Waals surface area (Å²) in [4.78, 5) is 18.3. The minimum absolute atomic E-state index is 0.0406. The number of nitrogens with zero attached hydrogens (tertiary/aromatic N) is 4. The molecule has 0 N–H and O–H groups in total. The Kier molecular flexibility index (Phi) is 3.31. The van der Waals surface area contributed by atoms with Crippen molar-refractivity contribution in [3.05, 3.63) is 45.7 Å². The van der Waals surface area contributed by atoms with E-state index < -0.39 is 11.8 Å². The van der Waals surface area contributed by atoms with Crippen molar-refractivity contribution in [1.29, 1.82) is 0 Å². The first-order chi connectivity index (χ1) is 9.10. The normalized spacial score (nSPS) is 10.1. The number of esters is 1. The Balaban J connectivity index is 2.89. The number of azide groups is 1. The average Bonchev–Trinajstić information content (AvgIpc) is 2.42. The fraction of sp³-hybridized carbons (Fsp3) is 0.167. The van der Waals surface area contributed by atoms with Crippen LogP contribution in [0.25, 0.3) is 21.3 Å². The lowest BCUT2D eigenvalue weighted by molar-refractivity contribution is 0.0601. The molecule has 1 aromatic heterocycles. The van der Waals surface area contributed by atoms with E-state index in [0.29, 0.717) is 16.5 Å². The van der Waals surface area contributed by atoms with Gasteiger partial charge in [-0.2, -0.15) is 0 Å². The van der Waals surface area contributed by atoms with Gasteiger partial charge in [-0.05, 0) is 24.6 Å². The second-order valence-electron chi connectivity index (χ2n) is 3.77. The van der Waals surface area contributed by atoms with Gasteiger partial charge < -0.3 is 4.74 Å². The number of pyridine rings is 1. The zero-order valence-electron chi connectivity index (χ0n) is 10.2. The Bertz CT molecular complexity index is 723. The van der Waals surface area contributed by atoms with Crippen LogP contribution in [0.3, 0.4) is 0 Å². The molecule has 0 bridgehead atoms. The van der Waals surface area contributed by atoms with Crippen molar-refractivity contribution in [2.24, 2.45) is 5.11 Å². The van der Waals surface area contributed by atoms with Gasteiger partial charge in [0.2, 0.25) is 0 Å². The maximum absolute atomic E-state index is 13.5. The molecule has 0 spiro atoms. The lowest BCUT2D eigenvalue weighted by atomic mass is 10.1. The highest BCUT2D eigenvalue weighted by atomic mass is 19.1. The molecule has 7 heteroatoms. The number of carbonyl (C=O) groups is 1. The lowest BCUT2D eigenvalue weighted by Crippen LogP contribution is -2.03. The Labute approximate surface area is 107 Å². The number of hydrogen-bond donors (Lipinski definition) is 0. The summed E-state index contributed by atoms with van der Waals surface area (Å²) >= 11 is 0. The van der Waals surface area contributed by atoms with Crippen molar-refractivity contribution in [3.63, 3.8) is 0 Å². The van der Waals surface area contributed by atoms with E-state index in [-0.39, 0.29) is 11.3 Å². The number of aryl methyl sites for hydroxylation is 1. The molecular formula is C12H9FN4O2. The first kappa shape index (κ1) is 12.8. The molecule has 1 aromatic carbocycles. The highest BCUT2D eigenvalue weighted by Gasteiger charge is 2.16. The van der Waals surface area contributed by atoms with E-state index in [1.165, 1.54) is 25.4 Å². The number of ether oxygens (including phenoxy) is 1. The number of hydrogen-bond acceptors (Lipinski definition) is 4. The number of carbonyl (C=O) groups excluding carboxylic acids is 1. The predicted molar refractivity (Wildman–Crippen MR) is 66.6 cm³/mol. The van der Waals surface area contributed by atoms with Crippen molar-refractivity contribution in [3.8, 4) is 0 Å². The van der Waals surface area contributed by atoms with Crippen LogP contribution in [0.1, 0.15) is 15.9 Å². The van der Waals surface area contributed by atoms with Gasteiger partial charge >= 0.3 is 5.97 Å². The zero-order valence-corrected chi connectivity index (χ0v) is 10.2. The SMILES string of the molecule is COC(=O)c1cnc2c(C)c(F)ccc2c1N=[N+]=[N-]. The van der Waals surface area contributed by atoms with Gasteiger partial charge in [-0.3, -0.25) is 4.98 Å². The van der Waals surface area contributed by atoms with Crippen molar-refractivity contribution >= 4 is 22.6 Å². The quantitative estimate of drug-likeness (QED) is 0.358. The molecule has 0 radical (unpaired) electrons. The highest BCUT2D eigenvalue weighted by Crippen LogP contribution is 2.31. The maximum Gasteiger partial charge on any atom is 0.339 e. The molecule has 0 aliphatic heterocycles. The van der Waals surface area contributed by atoms with Gasteiger partial charge in [0.15, 0.2) is 0 Å². The summed E-state index contributed by atoms with van der Waals surface area (Å²) in [6.45, 7) is 1.56. The molecule has 96 valence electrons. The van der Waals surface area contributed by atoms with E-state index >= 15 is 0 Å². The maximum atomic E-state index is 13.5. The summed E-state index contributed by atoms with van der Waals surface area (Å²) in [7, 11) is 1.21. The third-order valence-corrected chi connectivity index (χ3v) is 2.75. The van der Waals surface area contributed by atoms with Crippen LogP contribution in [0.4, 0.5) is 10.1 Å². The lowest BCUT2D eigenvalue weighted by Gasteiger charge is -2.08. The molecule has 6 nitrogen and oxygen atoms in total. The van der Waals surface area contributed by atoms with Crippen LogP contribution in [0.5, 0.6) is 0 Å². The summed E-state index contributed by atoms with van der Waals surface area (Å²) in [5.74, 6) is -1.09. The van der Waals surface area contributed by atoms with Crippen molar-refractivity contribution < 1.29 is 13.9 Å². The first-order valence-electron chi connectivity index (χ1n) is 5.31. The van der Waals surface area contributed by atoms with Crippen molar-refractivity contribution in [2.45, 2.75) is 6.92 Å². The summed E-state index contributed by atoms with van der Waals surface area (Å²) in [6, 6.07) is 2.65. The van der Waals surface area contributed by atoms with Gasteiger partial charge in [-0.1, -0.05) is 5.11 Å². The monoisotopic (exact) mass is 260 g/mol. The van der Waals surface area contributed by atoms with E-state index in [1.54, 1.807) is 6.92 Å². The number of rotatable bonds is 2. The summed E-state index contributed by atoms with van der Waals surface area (Å²) in [5, 5.41) is 3.89. The van der Waals surface area contributed by atoms with E-state index in [4.69, 9.17) is 5.53 Å². The second-order valence-corrected chi connectivity index (χ2v) is 3.77. The predicted octanol–water partition coefficient (Wildman–Crippen LogP) is 3.41. The van der Waals surface area contributed by atoms with Crippen LogP contribution in [0.2, 0.25) is 0 Å². The molecule has 0 aliphatic rings. The fourth-order valence-corrected chi connectivity index (χ4v) is 1.78. The van der Waals surface area contributed by atoms with Crippen LogP contribution >= 0.6 is 0 Å². The average molecular weight is 260 g/mol. The Morgan fingerprint density at radius 2 is 2.26 bits per heavy atom. The number of benzene rings is 1. The molecule has 0 saturated carbocycles. The van der Waals surface area contributed by atoms with Gasteiger partial charge in [0.05, 0.1) is 23.9 Å². The van der Waals surface area contributed by atoms with Crippen LogP contribution in [-0.2, 0) is 4.74 Å². The van der Waals surface area contributed by atoms with E-state index in [2.05, 4.69) is 19.7 Å². The smallest absolute Gasteiger partial charge is 0.339 e. The van der Waals surface area contributed by atoms with Crippen LogP contribution in [0, 0.1) is 12.7 Å². The third kappa shape index (κ3) is 2.07. The topological polar surface area (TPSA) is 88.0 Å². The molecular weight excluding hydrogens is 251 g/mol. The second kappa shape index (κ2) is 4.91. The van der Waals surface area contributed by atoms with E-state index in [0.717, 1.165) is 0 Å². The van der Waals surface area contributed by atoms with E-state index in [9.17, 15) is 9.18 Å². The Morgan fingerprint density at radius 3 is 2.89 bits per heavy atom. The zero-order chi connectivity index (χ0) is 14.0. The van der Waals surface area contributed by atoms with Crippen LogP contribution in [0.15, 0.2) is 23.4 Å². The molecule has 0 amide bonds. The molecule has 2 aromatic rings.